The van der Waals surface area contributed by atoms with Gasteiger partial charge in [-0.3, -0.25) is 0 Å². The molecule has 0 spiro atoms. The number of hydrogen-bond acceptors (Lipinski definition) is 4. The third-order valence-electron chi connectivity index (χ3n) is 2.70. The molecule has 2 rings (SSSR count). The molecule has 2 aromatic rings. The Balaban J connectivity index is 2.33. The summed E-state index contributed by atoms with van der Waals surface area (Å²) < 4.78 is 5.13. The van der Waals surface area contributed by atoms with E-state index in [9.17, 15) is 9.90 Å². The van der Waals surface area contributed by atoms with Gasteiger partial charge >= 0.3 is 5.97 Å². The molecule has 1 aromatic heterocycles. The summed E-state index contributed by atoms with van der Waals surface area (Å²) in [6.07, 6.45) is 3.08. The zero-order chi connectivity index (χ0) is 13.0. The van der Waals surface area contributed by atoms with E-state index in [1.165, 1.54) is 6.20 Å². The quantitative estimate of drug-likeness (QED) is 0.664. The fourth-order valence-corrected chi connectivity index (χ4v) is 1.72. The number of aromatic nitrogens is 1. The molecule has 0 radical (unpaired) electrons. The number of carbonyl (C=O) groups is 1. The second-order valence-electron chi connectivity index (χ2n) is 4.03. The maximum atomic E-state index is 11.9. The lowest BCUT2D eigenvalue weighted by molar-refractivity contribution is 0.0495. The van der Waals surface area contributed by atoms with E-state index in [2.05, 4.69) is 4.98 Å². The highest BCUT2D eigenvalue weighted by Crippen LogP contribution is 2.25. The molecule has 0 amide bonds. The van der Waals surface area contributed by atoms with E-state index in [4.69, 9.17) is 4.74 Å². The summed E-state index contributed by atoms with van der Waals surface area (Å²) in [5.74, 6) is -0.379. The number of ether oxygens (including phenoxy) is 1. The van der Waals surface area contributed by atoms with E-state index in [0.29, 0.717) is 17.4 Å². The standard InChI is InChI=1S/C14H15NO3/c1-2-3-8-18-14(17)13-11-7-5-4-6-10(11)12(16)9-15-13/h4-7,9,16H,2-3,8H2,1H3. The topological polar surface area (TPSA) is 59.4 Å². The number of benzene rings is 1. The third-order valence-corrected chi connectivity index (χ3v) is 2.70. The van der Waals surface area contributed by atoms with Crippen LogP contribution in [0.25, 0.3) is 10.8 Å². The molecule has 1 aromatic carbocycles. The van der Waals surface area contributed by atoms with E-state index >= 15 is 0 Å². The predicted molar refractivity (Wildman–Crippen MR) is 68.6 cm³/mol. The van der Waals surface area contributed by atoms with Crippen LogP contribution < -0.4 is 0 Å². The summed E-state index contributed by atoms with van der Waals surface area (Å²) in [6, 6.07) is 7.09. The molecule has 4 heteroatoms. The van der Waals surface area contributed by atoms with E-state index in [1.807, 2.05) is 6.92 Å². The van der Waals surface area contributed by atoms with Gasteiger partial charge in [0.2, 0.25) is 0 Å². The van der Waals surface area contributed by atoms with Gasteiger partial charge in [-0.15, -0.1) is 0 Å². The number of aromatic hydroxyl groups is 1. The Morgan fingerprint density at radius 2 is 2.06 bits per heavy atom. The number of carbonyl (C=O) groups excluding carboxylic acids is 1. The minimum absolute atomic E-state index is 0.0655. The maximum absolute atomic E-state index is 11.9. The fourth-order valence-electron chi connectivity index (χ4n) is 1.72. The number of unbranched alkanes of at least 4 members (excludes halogenated alkanes) is 1. The zero-order valence-electron chi connectivity index (χ0n) is 10.2. The molecule has 0 saturated carbocycles. The lowest BCUT2D eigenvalue weighted by Crippen LogP contribution is -2.09. The minimum atomic E-state index is -0.445. The van der Waals surface area contributed by atoms with Crippen molar-refractivity contribution in [3.63, 3.8) is 0 Å². The van der Waals surface area contributed by atoms with Crippen LogP contribution in [0.4, 0.5) is 0 Å². The summed E-state index contributed by atoms with van der Waals surface area (Å²) in [7, 11) is 0. The van der Waals surface area contributed by atoms with E-state index < -0.39 is 5.97 Å². The molecule has 0 aliphatic rings. The highest BCUT2D eigenvalue weighted by Gasteiger charge is 2.14. The van der Waals surface area contributed by atoms with Crippen molar-refractivity contribution in [1.82, 2.24) is 4.98 Å². The number of pyridine rings is 1. The lowest BCUT2D eigenvalue weighted by Gasteiger charge is -2.07. The summed E-state index contributed by atoms with van der Waals surface area (Å²) >= 11 is 0. The average molecular weight is 245 g/mol. The fraction of sp³-hybridized carbons (Fsp3) is 0.286. The number of fused-ring (bicyclic) bond motifs is 1. The van der Waals surface area contributed by atoms with Crippen molar-refractivity contribution in [3.05, 3.63) is 36.2 Å². The van der Waals surface area contributed by atoms with Crippen molar-refractivity contribution >= 4 is 16.7 Å². The van der Waals surface area contributed by atoms with Crippen LogP contribution in [0.15, 0.2) is 30.5 Å². The number of esters is 1. The van der Waals surface area contributed by atoms with E-state index in [-0.39, 0.29) is 11.4 Å². The van der Waals surface area contributed by atoms with Crippen molar-refractivity contribution in [2.45, 2.75) is 19.8 Å². The van der Waals surface area contributed by atoms with E-state index in [1.54, 1.807) is 24.3 Å². The van der Waals surface area contributed by atoms with Crippen LogP contribution in [0.3, 0.4) is 0 Å². The largest absolute Gasteiger partial charge is 0.506 e. The van der Waals surface area contributed by atoms with Crippen molar-refractivity contribution < 1.29 is 14.6 Å². The molecule has 0 saturated heterocycles. The van der Waals surface area contributed by atoms with Crippen LogP contribution in [0.5, 0.6) is 5.75 Å². The van der Waals surface area contributed by atoms with Crippen molar-refractivity contribution in [2.75, 3.05) is 6.61 Å². The second-order valence-corrected chi connectivity index (χ2v) is 4.03. The maximum Gasteiger partial charge on any atom is 0.357 e. The van der Waals surface area contributed by atoms with Gasteiger partial charge in [0.1, 0.15) is 5.75 Å². The Morgan fingerprint density at radius 3 is 2.78 bits per heavy atom. The Bertz CT molecular complexity index is 566. The molecule has 18 heavy (non-hydrogen) atoms. The van der Waals surface area contributed by atoms with Crippen LogP contribution in [-0.2, 0) is 4.74 Å². The summed E-state index contributed by atoms with van der Waals surface area (Å²) in [5, 5.41) is 10.9. The molecule has 0 atom stereocenters. The van der Waals surface area contributed by atoms with Gasteiger partial charge in [0.05, 0.1) is 12.8 Å². The molecule has 4 nitrogen and oxygen atoms in total. The van der Waals surface area contributed by atoms with Gasteiger partial charge in [0, 0.05) is 10.8 Å². The third kappa shape index (κ3) is 2.42. The van der Waals surface area contributed by atoms with E-state index in [0.717, 1.165) is 12.8 Å². The molecule has 1 heterocycles. The first-order chi connectivity index (χ1) is 8.74. The molecule has 0 aliphatic heterocycles. The van der Waals surface area contributed by atoms with Crippen molar-refractivity contribution in [1.29, 1.82) is 0 Å². The van der Waals surface area contributed by atoms with Crippen LogP contribution in [-0.4, -0.2) is 22.7 Å². The molecule has 0 unspecified atom stereocenters. The Kier molecular flexibility index (Phi) is 3.77. The Labute approximate surface area is 105 Å². The van der Waals surface area contributed by atoms with Crippen LogP contribution in [0.2, 0.25) is 0 Å². The van der Waals surface area contributed by atoms with Crippen LogP contribution in [0, 0.1) is 0 Å². The summed E-state index contributed by atoms with van der Waals surface area (Å²) in [6.45, 7) is 2.42. The van der Waals surface area contributed by atoms with Crippen LogP contribution in [0.1, 0.15) is 30.3 Å². The average Bonchev–Trinajstić information content (AvgIpc) is 2.39. The summed E-state index contributed by atoms with van der Waals surface area (Å²) in [5.41, 5.74) is 0.250. The molecule has 0 fully saturated rings. The van der Waals surface area contributed by atoms with Gasteiger partial charge in [-0.2, -0.15) is 0 Å². The first-order valence-electron chi connectivity index (χ1n) is 5.98. The lowest BCUT2D eigenvalue weighted by atomic mass is 10.1. The van der Waals surface area contributed by atoms with Crippen molar-refractivity contribution in [2.24, 2.45) is 0 Å². The van der Waals surface area contributed by atoms with Gasteiger partial charge in [0.15, 0.2) is 5.69 Å². The van der Waals surface area contributed by atoms with Gasteiger partial charge in [-0.1, -0.05) is 37.6 Å². The SMILES string of the molecule is CCCCOC(=O)c1ncc(O)c2ccccc12. The Morgan fingerprint density at radius 1 is 1.33 bits per heavy atom. The zero-order valence-corrected chi connectivity index (χ0v) is 10.2. The van der Waals surface area contributed by atoms with Gasteiger partial charge in [-0.25, -0.2) is 9.78 Å². The van der Waals surface area contributed by atoms with Gasteiger partial charge in [-0.05, 0) is 6.42 Å². The van der Waals surface area contributed by atoms with Crippen LogP contribution >= 0.6 is 0 Å². The number of nitrogens with zero attached hydrogens (tertiary/aromatic N) is 1. The Hall–Kier alpha value is -2.10. The minimum Gasteiger partial charge on any atom is -0.506 e. The predicted octanol–water partition coefficient (Wildman–Crippen LogP) is 2.90. The van der Waals surface area contributed by atoms with Gasteiger partial charge in [0.25, 0.3) is 0 Å². The first-order valence-corrected chi connectivity index (χ1v) is 5.98. The molecule has 0 aliphatic carbocycles. The first kappa shape index (κ1) is 12.4. The number of rotatable bonds is 4. The highest BCUT2D eigenvalue weighted by molar-refractivity contribution is 6.04. The normalized spacial score (nSPS) is 10.5. The smallest absolute Gasteiger partial charge is 0.357 e. The van der Waals surface area contributed by atoms with Crippen molar-refractivity contribution in [3.8, 4) is 5.75 Å². The van der Waals surface area contributed by atoms with Gasteiger partial charge < -0.3 is 9.84 Å². The molecular formula is C14H15NO3. The molecule has 94 valence electrons. The second kappa shape index (κ2) is 5.49. The molecular weight excluding hydrogens is 230 g/mol. The molecule has 1 N–H and O–H groups in total. The summed E-state index contributed by atoms with van der Waals surface area (Å²) in [4.78, 5) is 15.8. The number of hydrogen-bond donors (Lipinski definition) is 1. The highest BCUT2D eigenvalue weighted by atomic mass is 16.5. The monoisotopic (exact) mass is 245 g/mol. The molecule has 0 bridgehead atoms.